The third-order valence-corrected chi connectivity index (χ3v) is 3.87. The van der Waals surface area contributed by atoms with Crippen LogP contribution in [0.4, 0.5) is 0 Å². The van der Waals surface area contributed by atoms with Gasteiger partial charge in [-0.2, -0.15) is 0 Å². The minimum atomic E-state index is 0.0678. The second kappa shape index (κ2) is 4.74. The van der Waals surface area contributed by atoms with E-state index in [0.29, 0.717) is 23.1 Å². The minimum Gasteiger partial charge on any atom is -0.454 e. The number of carbonyl (C=O) groups is 1. The number of rotatable bonds is 1. The summed E-state index contributed by atoms with van der Waals surface area (Å²) < 4.78 is 10.6. The van der Waals surface area contributed by atoms with Crippen LogP contribution in [0.3, 0.4) is 0 Å². The van der Waals surface area contributed by atoms with E-state index in [4.69, 9.17) is 9.47 Å². The van der Waals surface area contributed by atoms with Crippen molar-refractivity contribution in [1.29, 1.82) is 0 Å². The van der Waals surface area contributed by atoms with Crippen LogP contribution < -0.4 is 9.47 Å². The normalized spacial score (nSPS) is 22.6. The number of benzene rings is 1. The highest BCUT2D eigenvalue weighted by Crippen LogP contribution is 2.32. The van der Waals surface area contributed by atoms with Crippen LogP contribution in [0.25, 0.3) is 0 Å². The highest BCUT2D eigenvalue weighted by atomic mass is 16.7. The number of fused-ring (bicyclic) bond motifs is 1. The number of hydrogen-bond acceptors (Lipinski definition) is 4. The number of carbonyl (C=O) groups excluding carboxylic acids is 1. The molecule has 0 aliphatic carbocycles. The topological polar surface area (TPSA) is 42.0 Å². The van der Waals surface area contributed by atoms with Gasteiger partial charge in [-0.3, -0.25) is 4.79 Å². The van der Waals surface area contributed by atoms with Crippen LogP contribution in [0, 0.1) is 0 Å². The molecule has 1 fully saturated rings. The molecule has 3 rings (SSSR count). The van der Waals surface area contributed by atoms with E-state index in [0.717, 1.165) is 19.6 Å². The molecule has 0 saturated carbocycles. The Hall–Kier alpha value is -1.75. The first-order chi connectivity index (χ1) is 9.15. The fourth-order valence-electron chi connectivity index (χ4n) is 2.45. The maximum Gasteiger partial charge on any atom is 0.254 e. The lowest BCUT2D eigenvalue weighted by atomic mass is 10.1. The second-order valence-electron chi connectivity index (χ2n) is 5.15. The van der Waals surface area contributed by atoms with Crippen molar-refractivity contribution in [3.05, 3.63) is 23.8 Å². The standard InChI is InChI=1S/C14H18N2O3/c1-10-8-16(6-5-15(10)2)14(17)11-3-4-12-13(7-11)19-9-18-12/h3-4,7,10H,5-6,8-9H2,1-2H3. The molecular weight excluding hydrogens is 244 g/mol. The Bertz CT molecular complexity index is 503. The van der Waals surface area contributed by atoms with E-state index >= 15 is 0 Å². The van der Waals surface area contributed by atoms with Crippen molar-refractivity contribution in [1.82, 2.24) is 9.80 Å². The summed E-state index contributed by atoms with van der Waals surface area (Å²) in [4.78, 5) is 16.6. The molecule has 0 spiro atoms. The molecular formula is C14H18N2O3. The van der Waals surface area contributed by atoms with Crippen molar-refractivity contribution in [3.63, 3.8) is 0 Å². The van der Waals surface area contributed by atoms with E-state index < -0.39 is 0 Å². The molecule has 0 bridgehead atoms. The maximum atomic E-state index is 12.5. The summed E-state index contributed by atoms with van der Waals surface area (Å²) in [6.45, 7) is 4.83. The molecule has 2 aliphatic rings. The third kappa shape index (κ3) is 2.26. The van der Waals surface area contributed by atoms with Crippen molar-refractivity contribution in [2.75, 3.05) is 33.5 Å². The van der Waals surface area contributed by atoms with Gasteiger partial charge in [-0.25, -0.2) is 0 Å². The average molecular weight is 262 g/mol. The second-order valence-corrected chi connectivity index (χ2v) is 5.15. The molecule has 19 heavy (non-hydrogen) atoms. The van der Waals surface area contributed by atoms with Crippen LogP contribution >= 0.6 is 0 Å². The molecule has 1 aromatic carbocycles. The number of nitrogens with zero attached hydrogens (tertiary/aromatic N) is 2. The molecule has 2 aliphatic heterocycles. The Labute approximate surface area is 112 Å². The lowest BCUT2D eigenvalue weighted by Gasteiger charge is -2.37. The monoisotopic (exact) mass is 262 g/mol. The van der Waals surface area contributed by atoms with E-state index in [-0.39, 0.29) is 12.7 Å². The summed E-state index contributed by atoms with van der Waals surface area (Å²) >= 11 is 0. The SMILES string of the molecule is CC1CN(C(=O)c2ccc3c(c2)OCO3)CCN1C. The van der Waals surface area contributed by atoms with Crippen LogP contribution in [-0.2, 0) is 0 Å². The van der Waals surface area contributed by atoms with Crippen molar-refractivity contribution in [3.8, 4) is 11.5 Å². The van der Waals surface area contributed by atoms with Crippen LogP contribution in [0.5, 0.6) is 11.5 Å². The molecule has 0 N–H and O–H groups in total. The summed E-state index contributed by atoms with van der Waals surface area (Å²) in [5.74, 6) is 1.44. The van der Waals surface area contributed by atoms with Crippen molar-refractivity contribution < 1.29 is 14.3 Å². The third-order valence-electron chi connectivity index (χ3n) is 3.87. The van der Waals surface area contributed by atoms with Gasteiger partial charge in [0.2, 0.25) is 6.79 Å². The van der Waals surface area contributed by atoms with Crippen LogP contribution in [0.2, 0.25) is 0 Å². The quantitative estimate of drug-likeness (QED) is 0.762. The molecule has 0 aromatic heterocycles. The Balaban J connectivity index is 1.77. The average Bonchev–Trinajstić information content (AvgIpc) is 2.88. The number of piperazine rings is 1. The van der Waals surface area contributed by atoms with Crippen molar-refractivity contribution in [2.24, 2.45) is 0 Å². The maximum absolute atomic E-state index is 12.5. The molecule has 5 nitrogen and oxygen atoms in total. The molecule has 1 atom stereocenters. The smallest absolute Gasteiger partial charge is 0.254 e. The molecule has 1 saturated heterocycles. The van der Waals surface area contributed by atoms with E-state index in [1.165, 1.54) is 0 Å². The van der Waals surface area contributed by atoms with Gasteiger partial charge in [0.25, 0.3) is 5.91 Å². The summed E-state index contributed by atoms with van der Waals surface area (Å²) in [5, 5.41) is 0. The van der Waals surface area contributed by atoms with Crippen LogP contribution in [0.1, 0.15) is 17.3 Å². The highest BCUT2D eigenvalue weighted by Gasteiger charge is 2.26. The molecule has 1 unspecified atom stereocenters. The van der Waals surface area contributed by atoms with Gasteiger partial charge in [0.05, 0.1) is 0 Å². The molecule has 2 heterocycles. The number of ether oxygens (including phenoxy) is 2. The summed E-state index contributed by atoms with van der Waals surface area (Å²) in [7, 11) is 2.09. The van der Waals surface area contributed by atoms with Crippen LogP contribution in [-0.4, -0.2) is 55.2 Å². The first kappa shape index (κ1) is 12.3. The van der Waals surface area contributed by atoms with E-state index in [1.807, 2.05) is 4.90 Å². The molecule has 1 aromatic rings. The summed E-state index contributed by atoms with van der Waals surface area (Å²) in [5.41, 5.74) is 0.668. The Morgan fingerprint density at radius 2 is 2.05 bits per heavy atom. The first-order valence-corrected chi connectivity index (χ1v) is 6.54. The fourth-order valence-corrected chi connectivity index (χ4v) is 2.45. The Morgan fingerprint density at radius 1 is 1.26 bits per heavy atom. The predicted octanol–water partition coefficient (Wildman–Crippen LogP) is 1.19. The lowest BCUT2D eigenvalue weighted by Crippen LogP contribution is -2.52. The van der Waals surface area contributed by atoms with E-state index in [9.17, 15) is 4.79 Å². The molecule has 102 valence electrons. The van der Waals surface area contributed by atoms with Gasteiger partial charge < -0.3 is 19.3 Å². The zero-order valence-electron chi connectivity index (χ0n) is 11.3. The first-order valence-electron chi connectivity index (χ1n) is 6.54. The Kier molecular flexibility index (Phi) is 3.06. The zero-order valence-corrected chi connectivity index (χ0v) is 11.3. The summed E-state index contributed by atoms with van der Waals surface area (Å²) in [6.07, 6.45) is 0. The van der Waals surface area contributed by atoms with Crippen LogP contribution in [0.15, 0.2) is 18.2 Å². The predicted molar refractivity (Wildman–Crippen MR) is 70.6 cm³/mol. The van der Waals surface area contributed by atoms with Gasteiger partial charge in [0.15, 0.2) is 11.5 Å². The molecule has 1 amide bonds. The van der Waals surface area contributed by atoms with Gasteiger partial charge in [-0.1, -0.05) is 0 Å². The number of likely N-dealkylation sites (N-methyl/N-ethyl adjacent to an activating group) is 1. The fraction of sp³-hybridized carbons (Fsp3) is 0.500. The molecule has 0 radical (unpaired) electrons. The van der Waals surface area contributed by atoms with Crippen molar-refractivity contribution >= 4 is 5.91 Å². The van der Waals surface area contributed by atoms with Gasteiger partial charge in [-0.05, 0) is 32.2 Å². The van der Waals surface area contributed by atoms with Gasteiger partial charge >= 0.3 is 0 Å². The van der Waals surface area contributed by atoms with E-state index in [1.54, 1.807) is 18.2 Å². The minimum absolute atomic E-state index is 0.0678. The van der Waals surface area contributed by atoms with Crippen molar-refractivity contribution in [2.45, 2.75) is 13.0 Å². The largest absolute Gasteiger partial charge is 0.454 e. The van der Waals surface area contributed by atoms with Gasteiger partial charge in [0.1, 0.15) is 0 Å². The highest BCUT2D eigenvalue weighted by molar-refractivity contribution is 5.95. The Morgan fingerprint density at radius 3 is 2.84 bits per heavy atom. The lowest BCUT2D eigenvalue weighted by molar-refractivity contribution is 0.0572. The van der Waals surface area contributed by atoms with Gasteiger partial charge in [-0.15, -0.1) is 0 Å². The summed E-state index contributed by atoms with van der Waals surface area (Å²) in [6, 6.07) is 5.77. The number of amides is 1. The van der Waals surface area contributed by atoms with Gasteiger partial charge in [0, 0.05) is 31.2 Å². The zero-order chi connectivity index (χ0) is 13.4. The number of hydrogen-bond donors (Lipinski definition) is 0. The molecule has 5 heteroatoms. The van der Waals surface area contributed by atoms with E-state index in [2.05, 4.69) is 18.9 Å².